The molecule has 1 N–H and O–H groups in total. The normalized spacial score (nSPS) is 17.5. The van der Waals surface area contributed by atoms with Gasteiger partial charge in [-0.05, 0) is 153 Å². The summed E-state index contributed by atoms with van der Waals surface area (Å²) in [5.41, 5.74) is 1.42. The Labute approximate surface area is 612 Å². The van der Waals surface area contributed by atoms with Crippen LogP contribution in [0, 0.1) is 5.82 Å². The third-order valence-electron chi connectivity index (χ3n) is 20.9. The number of benzene rings is 7. The molecular weight excluding hydrogens is 1380 g/mol. The second-order valence-corrected chi connectivity index (χ2v) is 27.8. The molecule has 562 valence electrons. The molecule has 25 heteroatoms. The van der Waals surface area contributed by atoms with E-state index in [0.717, 1.165) is 45.8 Å². The molecule has 18 nitrogen and oxygen atoms in total. The predicted octanol–water partition coefficient (Wildman–Crippen LogP) is 14.6. The molecule has 2 atom stereocenters. The number of carbonyl (C=O) groups excluding carboxylic acids is 6. The number of likely N-dealkylation sites (N-methyl/N-ethyl adjacent to an activating group) is 2. The third-order valence-corrected chi connectivity index (χ3v) is 20.9. The second kappa shape index (κ2) is 34.7. The summed E-state index contributed by atoms with van der Waals surface area (Å²) in [7, 11) is 5.07. The molecule has 6 amide bonds. The van der Waals surface area contributed by atoms with Gasteiger partial charge in [-0.15, -0.1) is 0 Å². The molecule has 11 rings (SSSR count). The summed E-state index contributed by atoms with van der Waals surface area (Å²) < 4.78 is 122. The Morgan fingerprint density at radius 3 is 1.93 bits per heavy atom. The average Bonchev–Trinajstić information content (AvgIpc) is 1.58. The highest BCUT2D eigenvalue weighted by Gasteiger charge is 2.50. The van der Waals surface area contributed by atoms with E-state index in [2.05, 4.69) is 21.2 Å². The number of hydrogen-bond donors (Lipinski definition) is 1. The molecule has 0 bridgehead atoms. The number of anilines is 3. The highest BCUT2D eigenvalue weighted by atomic mass is 19.4. The van der Waals surface area contributed by atoms with Crippen LogP contribution in [0.3, 0.4) is 0 Å². The van der Waals surface area contributed by atoms with Gasteiger partial charge >= 0.3 is 24.5 Å². The lowest BCUT2D eigenvalue weighted by atomic mass is 9.72. The second-order valence-electron chi connectivity index (χ2n) is 27.8. The first-order chi connectivity index (χ1) is 50.8. The van der Waals surface area contributed by atoms with Crippen molar-refractivity contribution in [3.63, 3.8) is 0 Å². The highest BCUT2D eigenvalue weighted by Crippen LogP contribution is 2.49. The van der Waals surface area contributed by atoms with Crippen LogP contribution < -0.4 is 15.1 Å². The van der Waals surface area contributed by atoms with Crippen LogP contribution >= 0.6 is 0 Å². The molecule has 7 aromatic rings. The molecule has 1 aliphatic carbocycles. The Balaban J connectivity index is 0.623. The number of alkyl halides is 6. The summed E-state index contributed by atoms with van der Waals surface area (Å²) in [6.07, 6.45) is -6.32. The molecule has 3 aliphatic heterocycles. The Bertz CT molecular complexity index is 4130. The molecule has 1 spiro atoms. The van der Waals surface area contributed by atoms with E-state index in [1.807, 2.05) is 110 Å². The molecule has 3 fully saturated rings. The van der Waals surface area contributed by atoms with E-state index in [1.54, 1.807) is 48.2 Å². The number of amides is 6. The van der Waals surface area contributed by atoms with Gasteiger partial charge in [0.25, 0.3) is 5.91 Å². The maximum absolute atomic E-state index is 14.3. The number of ether oxygens (including phenoxy) is 4. The zero-order chi connectivity index (χ0) is 75.2. The number of halogens is 7. The van der Waals surface area contributed by atoms with Crippen molar-refractivity contribution in [3.8, 4) is 11.1 Å². The smallest absolute Gasteiger partial charge is 0.416 e. The number of nitrogens with one attached hydrogen (secondary N) is 1. The fourth-order valence-corrected chi connectivity index (χ4v) is 14.6. The SMILES string of the molecule is CN(CCN1CCC(OC(=O)Nc2ccccc2-c2ccccc2)CC1)C(=O)CCCCCN(C(=O)OCc1ccccc1)c1ccc(N(C)C(=O)CCN(C)C(=O)CO[C@H]2Cc3ccccc3C23CCN(CC[C@@]2(c4ccc(F)cc4)CN(C(=O)c4cc(C(F)(F)F)cc(C(F)(F)F)c4)CO2)CC3)cc1. The maximum Gasteiger partial charge on any atom is 0.416 e. The number of para-hydroxylation sites is 1. The van der Waals surface area contributed by atoms with Crippen molar-refractivity contribution in [1.29, 1.82) is 0 Å². The van der Waals surface area contributed by atoms with E-state index in [0.29, 0.717) is 132 Å². The topological polar surface area (TPSA) is 174 Å². The van der Waals surface area contributed by atoms with E-state index in [1.165, 1.54) is 34.1 Å². The lowest BCUT2D eigenvalue weighted by Crippen LogP contribution is -2.50. The van der Waals surface area contributed by atoms with Crippen molar-refractivity contribution in [2.45, 2.75) is 113 Å². The van der Waals surface area contributed by atoms with Gasteiger partial charge in [-0.2, -0.15) is 26.3 Å². The molecule has 4 aliphatic rings. The van der Waals surface area contributed by atoms with E-state index in [4.69, 9.17) is 18.9 Å². The van der Waals surface area contributed by atoms with Crippen LogP contribution in [0.4, 0.5) is 57.4 Å². The van der Waals surface area contributed by atoms with Crippen molar-refractivity contribution in [2.24, 2.45) is 0 Å². The first-order valence-electron chi connectivity index (χ1n) is 35.9. The van der Waals surface area contributed by atoms with Crippen LogP contribution in [0.5, 0.6) is 0 Å². The molecule has 3 saturated heterocycles. The van der Waals surface area contributed by atoms with Crippen LogP contribution in [-0.2, 0) is 69.7 Å². The molecule has 3 heterocycles. The summed E-state index contributed by atoms with van der Waals surface area (Å²) in [5, 5.41) is 2.93. The summed E-state index contributed by atoms with van der Waals surface area (Å²) in [5.74, 6) is -2.18. The molecule has 7 aromatic carbocycles. The first-order valence-corrected chi connectivity index (χ1v) is 35.9. The van der Waals surface area contributed by atoms with Gasteiger partial charge in [-0.25, -0.2) is 14.0 Å². The van der Waals surface area contributed by atoms with Crippen molar-refractivity contribution in [2.75, 3.05) is 115 Å². The Hall–Kier alpha value is -9.69. The molecule has 0 saturated carbocycles. The summed E-state index contributed by atoms with van der Waals surface area (Å²) in [6, 6.07) is 48.0. The molecule has 0 radical (unpaired) electrons. The Morgan fingerprint density at radius 2 is 1.25 bits per heavy atom. The lowest BCUT2D eigenvalue weighted by molar-refractivity contribution is -0.143. The fourth-order valence-electron chi connectivity index (χ4n) is 14.6. The molecule has 106 heavy (non-hydrogen) atoms. The number of nitrogens with zero attached hydrogens (tertiary/aromatic N) is 7. The van der Waals surface area contributed by atoms with Gasteiger partial charge in [0.1, 0.15) is 37.5 Å². The molecular formula is C81H89F7N8O10. The number of carbonyl (C=O) groups is 6. The van der Waals surface area contributed by atoms with Crippen molar-refractivity contribution < 1.29 is 78.4 Å². The Morgan fingerprint density at radius 1 is 0.623 bits per heavy atom. The van der Waals surface area contributed by atoms with Gasteiger partial charge in [-0.1, -0.05) is 122 Å². The summed E-state index contributed by atoms with van der Waals surface area (Å²) in [4.78, 5) is 93.4. The zero-order valence-corrected chi connectivity index (χ0v) is 59.7. The van der Waals surface area contributed by atoms with Gasteiger partial charge in [0.05, 0.1) is 29.5 Å². The van der Waals surface area contributed by atoms with E-state index in [-0.39, 0.29) is 75.1 Å². The monoisotopic (exact) mass is 1470 g/mol. The Kier molecular flexibility index (Phi) is 25.3. The number of hydrogen-bond acceptors (Lipinski definition) is 12. The third kappa shape index (κ3) is 19.5. The first kappa shape index (κ1) is 77.4. The number of fused-ring (bicyclic) bond motifs is 2. The van der Waals surface area contributed by atoms with Crippen LogP contribution in [0.2, 0.25) is 0 Å². The largest absolute Gasteiger partial charge is 0.446 e. The fraction of sp³-hybridized carbons (Fsp3) is 0.407. The summed E-state index contributed by atoms with van der Waals surface area (Å²) >= 11 is 0. The summed E-state index contributed by atoms with van der Waals surface area (Å²) in [6.45, 7) is 3.79. The van der Waals surface area contributed by atoms with Crippen LogP contribution in [0.15, 0.2) is 176 Å². The standard InChI is InChI=1S/C81H89F7N8O10/c1-90(74(99)54-103-71-51-59-21-12-14-23-69(59)78(71)37-44-94(45-38-78)46-39-79(61-26-28-64(82)29-27-61)55-95(56-105-79)75(100)60-49-62(80(83,84)85)52-63(50-60)81(86,87)88)41-36-73(98)92(3)65-30-32-66(33-31-65)96(77(102)104-53-57-17-7-4-8-18-57)40-16-6-11-25-72(97)91(2)47-48-93-42-34-67(35-43-93)106-76(101)89-70-24-15-13-22-68(70)58-19-9-5-10-20-58/h4-5,7-10,12-15,17-24,26-33,49-50,52,67,71H,6,11,16,25,34-48,51,53-56H2,1-3H3,(H,89,101)/t71-,79-/m0/s1. The van der Waals surface area contributed by atoms with Crippen molar-refractivity contribution in [3.05, 3.63) is 221 Å². The van der Waals surface area contributed by atoms with Gasteiger partial charge < -0.3 is 48.3 Å². The zero-order valence-electron chi connectivity index (χ0n) is 59.7. The van der Waals surface area contributed by atoms with Gasteiger partial charge in [0.2, 0.25) is 17.7 Å². The molecule has 0 unspecified atom stereocenters. The average molecular weight is 1470 g/mol. The van der Waals surface area contributed by atoms with Gasteiger partial charge in [0.15, 0.2) is 0 Å². The van der Waals surface area contributed by atoms with E-state index < -0.39 is 70.7 Å². The quantitative estimate of drug-likeness (QED) is 0.0382. The number of rotatable bonds is 27. The minimum Gasteiger partial charge on any atom is -0.446 e. The predicted molar refractivity (Wildman–Crippen MR) is 387 cm³/mol. The number of likely N-dealkylation sites (tertiary alicyclic amines) is 2. The number of piperidine rings is 2. The molecule has 0 aromatic heterocycles. The van der Waals surface area contributed by atoms with E-state index in [9.17, 15) is 59.5 Å². The van der Waals surface area contributed by atoms with Gasteiger partial charge in [-0.3, -0.25) is 29.4 Å². The highest BCUT2D eigenvalue weighted by molar-refractivity contribution is 5.96. The minimum atomic E-state index is -5.16. The van der Waals surface area contributed by atoms with Crippen molar-refractivity contribution in [1.82, 2.24) is 24.5 Å². The van der Waals surface area contributed by atoms with Crippen LogP contribution in [0.25, 0.3) is 11.1 Å². The minimum absolute atomic E-state index is 0.00375. The maximum atomic E-state index is 14.3. The van der Waals surface area contributed by atoms with Crippen LogP contribution in [0.1, 0.15) is 108 Å². The lowest BCUT2D eigenvalue weighted by Gasteiger charge is -2.44. The van der Waals surface area contributed by atoms with E-state index >= 15 is 0 Å². The number of unbranched alkanes of at least 4 members (excludes halogenated alkanes) is 2. The van der Waals surface area contributed by atoms with Crippen LogP contribution in [-0.4, -0.2) is 172 Å². The van der Waals surface area contributed by atoms with Crippen molar-refractivity contribution >= 4 is 52.9 Å². The van der Waals surface area contributed by atoms with Gasteiger partial charge in [0, 0.05) is 108 Å².